The van der Waals surface area contributed by atoms with Crippen molar-refractivity contribution in [2.75, 3.05) is 36.0 Å². The summed E-state index contributed by atoms with van der Waals surface area (Å²) >= 11 is 0. The maximum atomic E-state index is 11.4. The first-order valence-corrected chi connectivity index (χ1v) is 13.0. The van der Waals surface area contributed by atoms with Gasteiger partial charge < -0.3 is 25.5 Å². The number of aromatic nitrogens is 1. The molecule has 1 aromatic heterocycles. The normalized spacial score (nSPS) is 12.2. The van der Waals surface area contributed by atoms with Crippen molar-refractivity contribution >= 4 is 61.5 Å². The average Bonchev–Trinajstić information content (AvgIpc) is 3.14. The molecule has 11 heteroatoms. The van der Waals surface area contributed by atoms with E-state index >= 15 is 0 Å². The standard InChI is InChI=1S/C25H28N4O5S.ClH/c1-16(30)27-18-6-8-21-22-9-7-20(14-24(22)28-23(21)13-18)34-11-10-26-15-25(31)17-4-3-5-19(12-17)29-35(2,32)33;/h3-9,12-14,25-26,28-29,31H,10-11,15H2,1-2H3,(H,27,30);1H/t25-;/m0./s1. The average molecular weight is 533 g/mol. The van der Waals surface area contributed by atoms with E-state index in [9.17, 15) is 18.3 Å². The number of carbonyl (C=O) groups excluding carboxylic acids is 1. The van der Waals surface area contributed by atoms with E-state index in [1.165, 1.54) is 6.92 Å². The van der Waals surface area contributed by atoms with Crippen LogP contribution in [0.1, 0.15) is 18.6 Å². The van der Waals surface area contributed by atoms with Crippen LogP contribution in [-0.2, 0) is 14.8 Å². The van der Waals surface area contributed by atoms with E-state index < -0.39 is 16.1 Å². The molecular formula is C25H29ClN4O5S. The van der Waals surface area contributed by atoms with Gasteiger partial charge >= 0.3 is 0 Å². The van der Waals surface area contributed by atoms with Gasteiger partial charge in [0.15, 0.2) is 0 Å². The Kier molecular flexibility index (Phi) is 8.80. The summed E-state index contributed by atoms with van der Waals surface area (Å²) in [5.74, 6) is 0.600. The summed E-state index contributed by atoms with van der Waals surface area (Å²) in [5.41, 5.74) is 3.61. The number of halogens is 1. The highest BCUT2D eigenvalue weighted by Crippen LogP contribution is 2.30. The van der Waals surface area contributed by atoms with Gasteiger partial charge in [-0.15, -0.1) is 12.4 Å². The largest absolute Gasteiger partial charge is 0.492 e. The number of aromatic amines is 1. The number of anilines is 2. The second-order valence-electron chi connectivity index (χ2n) is 8.34. The molecule has 1 atom stereocenters. The maximum Gasteiger partial charge on any atom is 0.229 e. The Morgan fingerprint density at radius 3 is 2.47 bits per heavy atom. The number of nitrogens with one attached hydrogen (secondary N) is 4. The molecule has 9 nitrogen and oxygen atoms in total. The van der Waals surface area contributed by atoms with Crippen LogP contribution in [0.3, 0.4) is 0 Å². The fourth-order valence-electron chi connectivity index (χ4n) is 3.88. The summed E-state index contributed by atoms with van der Waals surface area (Å²) in [6.07, 6.45) is 0.291. The molecule has 5 N–H and O–H groups in total. The predicted octanol–water partition coefficient (Wildman–Crippen LogP) is 3.77. The Bertz CT molecular complexity index is 1470. The third kappa shape index (κ3) is 7.11. The first-order valence-electron chi connectivity index (χ1n) is 11.1. The molecule has 36 heavy (non-hydrogen) atoms. The van der Waals surface area contributed by atoms with Crippen molar-refractivity contribution in [2.45, 2.75) is 13.0 Å². The van der Waals surface area contributed by atoms with Crippen molar-refractivity contribution < 1.29 is 23.1 Å². The van der Waals surface area contributed by atoms with Gasteiger partial charge in [0, 0.05) is 53.7 Å². The third-order valence-electron chi connectivity index (χ3n) is 5.35. The van der Waals surface area contributed by atoms with E-state index in [1.807, 2.05) is 36.4 Å². The summed E-state index contributed by atoms with van der Waals surface area (Å²) in [6.45, 7) is 2.69. The van der Waals surface area contributed by atoms with Gasteiger partial charge in [0.1, 0.15) is 12.4 Å². The number of aliphatic hydroxyl groups excluding tert-OH is 1. The van der Waals surface area contributed by atoms with E-state index in [1.54, 1.807) is 24.3 Å². The Morgan fingerprint density at radius 1 is 1.03 bits per heavy atom. The van der Waals surface area contributed by atoms with Gasteiger partial charge in [-0.3, -0.25) is 9.52 Å². The highest BCUT2D eigenvalue weighted by molar-refractivity contribution is 7.92. The Balaban J connectivity index is 0.00000361. The van der Waals surface area contributed by atoms with Crippen molar-refractivity contribution in [3.05, 3.63) is 66.2 Å². The van der Waals surface area contributed by atoms with Crippen LogP contribution in [0.5, 0.6) is 5.75 Å². The van der Waals surface area contributed by atoms with E-state index in [4.69, 9.17) is 4.74 Å². The first-order chi connectivity index (χ1) is 16.7. The summed E-state index contributed by atoms with van der Waals surface area (Å²) < 4.78 is 31.0. The monoisotopic (exact) mass is 532 g/mol. The fourth-order valence-corrected chi connectivity index (χ4v) is 4.44. The number of ether oxygens (including phenoxy) is 1. The number of hydrogen-bond acceptors (Lipinski definition) is 6. The SMILES string of the molecule is CC(=O)Nc1ccc2c(c1)[nH]c1cc(OCCNC[C@H](O)c3cccc(NS(C)(=O)=O)c3)ccc12.Cl. The van der Waals surface area contributed by atoms with Crippen LogP contribution >= 0.6 is 12.4 Å². The van der Waals surface area contributed by atoms with E-state index in [2.05, 4.69) is 20.3 Å². The van der Waals surface area contributed by atoms with Crippen molar-refractivity contribution in [1.29, 1.82) is 0 Å². The molecule has 4 aromatic rings. The van der Waals surface area contributed by atoms with Gasteiger partial charge in [-0.1, -0.05) is 18.2 Å². The minimum atomic E-state index is -3.38. The number of benzene rings is 3. The minimum Gasteiger partial charge on any atom is -0.492 e. The zero-order valence-corrected chi connectivity index (χ0v) is 21.5. The molecule has 3 aromatic carbocycles. The van der Waals surface area contributed by atoms with Gasteiger partial charge in [-0.2, -0.15) is 0 Å². The number of fused-ring (bicyclic) bond motifs is 3. The summed E-state index contributed by atoms with van der Waals surface area (Å²) in [6, 6.07) is 18.3. The number of rotatable bonds is 10. The molecule has 0 aliphatic carbocycles. The van der Waals surface area contributed by atoms with Crippen LogP contribution in [-0.4, -0.2) is 50.4 Å². The van der Waals surface area contributed by atoms with Crippen LogP contribution in [0, 0.1) is 0 Å². The van der Waals surface area contributed by atoms with E-state index in [-0.39, 0.29) is 18.3 Å². The van der Waals surface area contributed by atoms with Crippen LogP contribution < -0.4 is 20.1 Å². The lowest BCUT2D eigenvalue weighted by atomic mass is 10.1. The van der Waals surface area contributed by atoms with Crippen molar-refractivity contribution in [3.63, 3.8) is 0 Å². The third-order valence-corrected chi connectivity index (χ3v) is 5.96. The van der Waals surface area contributed by atoms with Gasteiger partial charge in [-0.05, 0) is 42.0 Å². The minimum absolute atomic E-state index is 0. The number of carbonyl (C=O) groups is 1. The quantitative estimate of drug-likeness (QED) is 0.197. The molecule has 0 aliphatic rings. The van der Waals surface area contributed by atoms with Crippen molar-refractivity contribution in [1.82, 2.24) is 10.3 Å². The highest BCUT2D eigenvalue weighted by Gasteiger charge is 2.10. The van der Waals surface area contributed by atoms with Crippen LogP contribution in [0.15, 0.2) is 60.7 Å². The smallest absolute Gasteiger partial charge is 0.229 e. The predicted molar refractivity (Wildman–Crippen MR) is 146 cm³/mol. The van der Waals surface area contributed by atoms with Crippen molar-refractivity contribution in [3.8, 4) is 5.75 Å². The van der Waals surface area contributed by atoms with E-state index in [0.29, 0.717) is 36.7 Å². The van der Waals surface area contributed by atoms with Gasteiger partial charge in [-0.25, -0.2) is 8.42 Å². The molecule has 0 spiro atoms. The molecule has 0 aliphatic heterocycles. The number of hydrogen-bond donors (Lipinski definition) is 5. The lowest BCUT2D eigenvalue weighted by Crippen LogP contribution is -2.26. The topological polar surface area (TPSA) is 133 Å². The van der Waals surface area contributed by atoms with Crippen molar-refractivity contribution in [2.24, 2.45) is 0 Å². The molecular weight excluding hydrogens is 504 g/mol. The van der Waals surface area contributed by atoms with Gasteiger partial charge in [0.25, 0.3) is 0 Å². The van der Waals surface area contributed by atoms with Crippen LogP contribution in [0.2, 0.25) is 0 Å². The highest BCUT2D eigenvalue weighted by atomic mass is 35.5. The molecule has 0 fully saturated rings. The van der Waals surface area contributed by atoms with Crippen LogP contribution in [0.25, 0.3) is 21.8 Å². The second-order valence-corrected chi connectivity index (χ2v) is 10.1. The van der Waals surface area contributed by atoms with E-state index in [0.717, 1.165) is 33.7 Å². The molecule has 0 saturated heterocycles. The lowest BCUT2D eigenvalue weighted by Gasteiger charge is -2.14. The van der Waals surface area contributed by atoms with Gasteiger partial charge in [0.05, 0.1) is 17.9 Å². The summed E-state index contributed by atoms with van der Waals surface area (Å²) in [7, 11) is -3.38. The molecule has 192 valence electrons. The second kappa shape index (κ2) is 11.6. The fraction of sp³-hybridized carbons (Fsp3) is 0.240. The first kappa shape index (κ1) is 27.3. The molecule has 0 unspecified atom stereocenters. The Morgan fingerprint density at radius 2 is 1.75 bits per heavy atom. The Hall–Kier alpha value is -3.31. The van der Waals surface area contributed by atoms with Crippen LogP contribution in [0.4, 0.5) is 11.4 Å². The molecule has 1 amide bonds. The maximum absolute atomic E-state index is 11.4. The lowest BCUT2D eigenvalue weighted by molar-refractivity contribution is -0.114. The molecule has 0 saturated carbocycles. The summed E-state index contributed by atoms with van der Waals surface area (Å²) in [4.78, 5) is 14.7. The molecule has 0 bridgehead atoms. The zero-order chi connectivity index (χ0) is 25.0. The zero-order valence-electron chi connectivity index (χ0n) is 19.9. The number of amides is 1. The summed E-state index contributed by atoms with van der Waals surface area (Å²) in [5, 5.41) is 18.5. The number of sulfonamides is 1. The molecule has 0 radical (unpaired) electrons. The molecule has 4 rings (SSSR count). The van der Waals surface area contributed by atoms with Gasteiger partial charge in [0.2, 0.25) is 15.9 Å². The number of aliphatic hydroxyl groups is 1. The Labute approximate surface area is 215 Å². The number of H-pyrrole nitrogens is 1. The molecule has 1 heterocycles.